The fourth-order valence-corrected chi connectivity index (χ4v) is 1.28. The highest BCUT2D eigenvalue weighted by Crippen LogP contribution is 2.28. The van der Waals surface area contributed by atoms with Gasteiger partial charge in [-0.2, -0.15) is 0 Å². The first-order valence-corrected chi connectivity index (χ1v) is 5.45. The molecule has 0 aliphatic rings. The summed E-state index contributed by atoms with van der Waals surface area (Å²) in [6, 6.07) is 4.00. The third-order valence-corrected chi connectivity index (χ3v) is 2.15. The van der Waals surface area contributed by atoms with E-state index in [1.165, 1.54) is 19.2 Å². The summed E-state index contributed by atoms with van der Waals surface area (Å²) in [5.74, 6) is -0.209. The van der Waals surface area contributed by atoms with Crippen molar-refractivity contribution in [2.45, 2.75) is 13.8 Å². The lowest BCUT2D eigenvalue weighted by Gasteiger charge is -2.09. The quantitative estimate of drug-likeness (QED) is 0.457. The number of ether oxygens (including phenoxy) is 2. The van der Waals surface area contributed by atoms with Crippen molar-refractivity contribution in [1.29, 1.82) is 0 Å². The summed E-state index contributed by atoms with van der Waals surface area (Å²) in [6.45, 7) is 4.25. The van der Waals surface area contributed by atoms with Crippen LogP contribution in [0.25, 0.3) is 0 Å². The van der Waals surface area contributed by atoms with Crippen LogP contribution in [0.5, 0.6) is 5.75 Å². The number of esters is 1. The van der Waals surface area contributed by atoms with Gasteiger partial charge in [0, 0.05) is 6.07 Å². The number of rotatable bonds is 5. The smallest absolute Gasteiger partial charge is 0.338 e. The zero-order chi connectivity index (χ0) is 13.7. The van der Waals surface area contributed by atoms with E-state index in [0.717, 1.165) is 6.07 Å². The molecule has 0 N–H and O–H groups in total. The molecule has 1 rings (SSSR count). The number of hydrogen-bond donors (Lipinski definition) is 0. The molecule has 6 heteroatoms. The maximum absolute atomic E-state index is 11.3. The molecule has 6 nitrogen and oxygen atoms in total. The predicted molar refractivity (Wildman–Crippen MR) is 64.8 cm³/mol. The van der Waals surface area contributed by atoms with Gasteiger partial charge in [0.25, 0.3) is 0 Å². The van der Waals surface area contributed by atoms with Crippen LogP contribution in [-0.2, 0) is 4.74 Å². The van der Waals surface area contributed by atoms with E-state index in [9.17, 15) is 14.9 Å². The number of nitro benzene ring substituents is 1. The SMILES string of the molecule is COC(=O)c1ccc(OCC(C)C)c([N+](=O)[O-])c1. The number of benzene rings is 1. The molecule has 0 amide bonds. The molecule has 18 heavy (non-hydrogen) atoms. The summed E-state index contributed by atoms with van der Waals surface area (Å²) >= 11 is 0. The molecule has 0 atom stereocenters. The highest BCUT2D eigenvalue weighted by atomic mass is 16.6. The average Bonchev–Trinajstić information content (AvgIpc) is 2.34. The van der Waals surface area contributed by atoms with Gasteiger partial charge < -0.3 is 9.47 Å². The van der Waals surface area contributed by atoms with Gasteiger partial charge in [-0.25, -0.2) is 4.79 Å². The zero-order valence-corrected chi connectivity index (χ0v) is 10.5. The minimum atomic E-state index is -0.617. The lowest BCUT2D eigenvalue weighted by atomic mass is 10.2. The van der Waals surface area contributed by atoms with Crippen LogP contribution >= 0.6 is 0 Å². The van der Waals surface area contributed by atoms with Crippen LogP contribution in [0.4, 0.5) is 5.69 Å². The van der Waals surface area contributed by atoms with Gasteiger partial charge in [-0.3, -0.25) is 10.1 Å². The maximum atomic E-state index is 11.3. The van der Waals surface area contributed by atoms with E-state index in [2.05, 4.69) is 4.74 Å². The van der Waals surface area contributed by atoms with E-state index in [1.54, 1.807) is 0 Å². The van der Waals surface area contributed by atoms with E-state index < -0.39 is 10.9 Å². The van der Waals surface area contributed by atoms with Crippen molar-refractivity contribution in [2.24, 2.45) is 5.92 Å². The average molecular weight is 253 g/mol. The molecule has 0 radical (unpaired) electrons. The van der Waals surface area contributed by atoms with Gasteiger partial charge >= 0.3 is 11.7 Å². The van der Waals surface area contributed by atoms with E-state index in [1.807, 2.05) is 13.8 Å². The van der Waals surface area contributed by atoms with Crippen LogP contribution in [0, 0.1) is 16.0 Å². The second-order valence-electron chi connectivity index (χ2n) is 4.14. The first-order chi connectivity index (χ1) is 8.45. The third kappa shape index (κ3) is 3.44. The summed E-state index contributed by atoms with van der Waals surface area (Å²) in [4.78, 5) is 21.6. The van der Waals surface area contributed by atoms with Gasteiger partial charge in [-0.1, -0.05) is 13.8 Å². The number of carbonyl (C=O) groups excluding carboxylic acids is 1. The summed E-state index contributed by atoms with van der Waals surface area (Å²) in [6.07, 6.45) is 0. The molecule has 1 aromatic carbocycles. The Morgan fingerprint density at radius 2 is 2.11 bits per heavy atom. The Balaban J connectivity index is 3.04. The highest BCUT2D eigenvalue weighted by Gasteiger charge is 2.19. The molecular weight excluding hydrogens is 238 g/mol. The molecule has 0 spiro atoms. The second-order valence-corrected chi connectivity index (χ2v) is 4.14. The Labute approximate surface area is 105 Å². The molecule has 0 unspecified atom stereocenters. The Bertz CT molecular complexity index is 456. The maximum Gasteiger partial charge on any atom is 0.338 e. The number of hydrogen-bond acceptors (Lipinski definition) is 5. The molecule has 0 bridgehead atoms. The minimum absolute atomic E-state index is 0.126. The number of nitrogens with zero attached hydrogens (tertiary/aromatic N) is 1. The molecule has 0 saturated heterocycles. The normalized spacial score (nSPS) is 10.2. The lowest BCUT2D eigenvalue weighted by Crippen LogP contribution is -2.07. The topological polar surface area (TPSA) is 78.7 Å². The minimum Gasteiger partial charge on any atom is -0.487 e. The van der Waals surface area contributed by atoms with Crippen molar-refractivity contribution in [3.05, 3.63) is 33.9 Å². The fourth-order valence-electron chi connectivity index (χ4n) is 1.28. The Hall–Kier alpha value is -2.11. The van der Waals surface area contributed by atoms with Crippen molar-refractivity contribution in [3.8, 4) is 5.75 Å². The largest absolute Gasteiger partial charge is 0.487 e. The van der Waals surface area contributed by atoms with Gasteiger partial charge in [0.05, 0.1) is 24.2 Å². The van der Waals surface area contributed by atoms with Gasteiger partial charge in [-0.15, -0.1) is 0 Å². The summed E-state index contributed by atoms with van der Waals surface area (Å²) in [5.41, 5.74) is -0.111. The number of carbonyl (C=O) groups is 1. The summed E-state index contributed by atoms with van der Waals surface area (Å²) in [5, 5.41) is 10.9. The van der Waals surface area contributed by atoms with Gasteiger partial charge in [0.1, 0.15) is 0 Å². The van der Waals surface area contributed by atoms with Crippen LogP contribution in [0.15, 0.2) is 18.2 Å². The van der Waals surface area contributed by atoms with Crippen molar-refractivity contribution in [3.63, 3.8) is 0 Å². The third-order valence-electron chi connectivity index (χ3n) is 2.15. The fraction of sp³-hybridized carbons (Fsp3) is 0.417. The van der Waals surface area contributed by atoms with Crippen LogP contribution < -0.4 is 4.74 Å². The molecule has 0 saturated carbocycles. The number of nitro groups is 1. The molecule has 0 fully saturated rings. The van der Waals surface area contributed by atoms with Crippen molar-refractivity contribution in [1.82, 2.24) is 0 Å². The van der Waals surface area contributed by atoms with Crippen LogP contribution in [0.2, 0.25) is 0 Å². The molecule has 0 aromatic heterocycles. The van der Waals surface area contributed by atoms with Crippen molar-refractivity contribution >= 4 is 11.7 Å². The lowest BCUT2D eigenvalue weighted by molar-refractivity contribution is -0.385. The monoisotopic (exact) mass is 253 g/mol. The zero-order valence-electron chi connectivity index (χ0n) is 10.5. The summed E-state index contributed by atoms with van der Waals surface area (Å²) < 4.78 is 9.84. The Morgan fingerprint density at radius 1 is 1.44 bits per heavy atom. The van der Waals surface area contributed by atoms with Gasteiger partial charge in [0.2, 0.25) is 0 Å². The molecule has 0 heterocycles. The first-order valence-electron chi connectivity index (χ1n) is 5.45. The molecule has 98 valence electrons. The van der Waals surface area contributed by atoms with Crippen molar-refractivity contribution < 1.29 is 19.2 Å². The van der Waals surface area contributed by atoms with E-state index in [-0.39, 0.29) is 22.9 Å². The molecule has 0 aliphatic heterocycles. The number of methoxy groups -OCH3 is 1. The van der Waals surface area contributed by atoms with E-state index in [0.29, 0.717) is 6.61 Å². The first kappa shape index (κ1) is 14.0. The predicted octanol–water partition coefficient (Wildman–Crippen LogP) is 2.42. The van der Waals surface area contributed by atoms with Crippen LogP contribution in [0.3, 0.4) is 0 Å². The van der Waals surface area contributed by atoms with Crippen molar-refractivity contribution in [2.75, 3.05) is 13.7 Å². The second kappa shape index (κ2) is 6.00. The molecule has 1 aromatic rings. The standard InChI is InChI=1S/C12H15NO5/c1-8(2)7-18-11-5-4-9(12(14)17-3)6-10(11)13(15)16/h4-6,8H,7H2,1-3H3. The highest BCUT2D eigenvalue weighted by molar-refractivity contribution is 5.90. The van der Waals surface area contributed by atoms with Gasteiger partial charge in [-0.05, 0) is 18.1 Å². The van der Waals surface area contributed by atoms with Crippen LogP contribution in [0.1, 0.15) is 24.2 Å². The Kier molecular flexibility index (Phi) is 4.65. The van der Waals surface area contributed by atoms with E-state index >= 15 is 0 Å². The van der Waals surface area contributed by atoms with E-state index in [4.69, 9.17) is 4.74 Å². The molecular formula is C12H15NO5. The van der Waals surface area contributed by atoms with Gasteiger partial charge in [0.15, 0.2) is 5.75 Å². The van der Waals surface area contributed by atoms with Crippen LogP contribution in [-0.4, -0.2) is 24.6 Å². The summed E-state index contributed by atoms with van der Waals surface area (Å²) in [7, 11) is 1.22. The Morgan fingerprint density at radius 3 is 2.61 bits per heavy atom. The molecule has 0 aliphatic carbocycles.